The molecule has 0 saturated carbocycles. The quantitative estimate of drug-likeness (QED) is 0.608. The number of hydrogen-bond donors (Lipinski definition) is 0. The number of hydrogen-bond acceptors (Lipinski definition) is 6. The maximum atomic E-state index is 12.9. The third-order valence-electron chi connectivity index (χ3n) is 6.82. The zero-order valence-electron chi connectivity index (χ0n) is 21.4. The molecule has 0 fully saturated rings. The van der Waals surface area contributed by atoms with Gasteiger partial charge in [0.15, 0.2) is 11.8 Å². The molecule has 0 unspecified atom stereocenters. The van der Waals surface area contributed by atoms with Crippen LogP contribution in [0, 0.1) is 22.7 Å². The molecule has 0 bridgehead atoms. The van der Waals surface area contributed by atoms with Gasteiger partial charge in [0.1, 0.15) is 13.2 Å². The van der Waals surface area contributed by atoms with Crippen molar-refractivity contribution >= 4 is 11.8 Å². The van der Waals surface area contributed by atoms with Gasteiger partial charge in [0.05, 0.1) is 23.9 Å². The Morgan fingerprint density at radius 3 is 1.22 bits per heavy atom. The van der Waals surface area contributed by atoms with E-state index in [1.54, 1.807) is 0 Å². The van der Waals surface area contributed by atoms with Gasteiger partial charge in [-0.05, 0) is 22.7 Å². The summed E-state index contributed by atoms with van der Waals surface area (Å²) >= 11 is 0. The summed E-state index contributed by atoms with van der Waals surface area (Å²) in [6.45, 7) is 22.0. The maximum absolute atomic E-state index is 12.9. The van der Waals surface area contributed by atoms with Crippen molar-refractivity contribution < 1.29 is 9.47 Å². The fraction of sp³-hybridized carbons (Fsp3) is 0.769. The Kier molecular flexibility index (Phi) is 6.49. The molecular weight excluding hydrogens is 404 g/mol. The second kappa shape index (κ2) is 8.42. The molecule has 32 heavy (non-hydrogen) atoms. The van der Waals surface area contributed by atoms with Gasteiger partial charge in [0.2, 0.25) is 10.9 Å². The molecule has 0 spiro atoms. The first-order valence-corrected chi connectivity index (χ1v) is 11.9. The summed E-state index contributed by atoms with van der Waals surface area (Å²) in [5, 5.41) is 0. The Morgan fingerprint density at radius 1 is 0.688 bits per heavy atom. The molecule has 6 nitrogen and oxygen atoms in total. The van der Waals surface area contributed by atoms with Crippen molar-refractivity contribution in [1.82, 2.24) is 0 Å². The topological polar surface area (TPSA) is 77.3 Å². The lowest BCUT2D eigenvalue weighted by molar-refractivity contribution is 0.228. The summed E-state index contributed by atoms with van der Waals surface area (Å²) in [6.07, 6.45) is 0. The molecule has 0 aromatic heterocycles. The smallest absolute Gasteiger partial charge is 0.230 e. The monoisotopic (exact) mass is 444 g/mol. The van der Waals surface area contributed by atoms with Gasteiger partial charge in [-0.15, -0.1) is 0 Å². The van der Waals surface area contributed by atoms with Crippen molar-refractivity contribution in [2.24, 2.45) is 32.7 Å². The third-order valence-corrected chi connectivity index (χ3v) is 6.82. The Bertz CT molecular complexity index is 901. The molecule has 1 aromatic carbocycles. The lowest BCUT2D eigenvalue weighted by Gasteiger charge is -2.29. The van der Waals surface area contributed by atoms with Gasteiger partial charge in [0, 0.05) is 11.1 Å². The van der Waals surface area contributed by atoms with Crippen LogP contribution in [0.4, 0.5) is 0 Å². The average molecular weight is 445 g/mol. The van der Waals surface area contributed by atoms with Crippen LogP contribution in [0.15, 0.2) is 19.6 Å². The summed E-state index contributed by atoms with van der Waals surface area (Å²) in [7, 11) is 0. The van der Waals surface area contributed by atoms with Crippen LogP contribution >= 0.6 is 0 Å². The zero-order valence-corrected chi connectivity index (χ0v) is 21.4. The van der Waals surface area contributed by atoms with E-state index >= 15 is 0 Å². The molecule has 2 heterocycles. The molecule has 1 aromatic rings. The fourth-order valence-electron chi connectivity index (χ4n) is 4.54. The summed E-state index contributed by atoms with van der Waals surface area (Å²) in [5.41, 5.74) is 0.190. The average Bonchev–Trinajstić information content (AvgIpc) is 3.32. The van der Waals surface area contributed by atoms with E-state index < -0.39 is 10.9 Å². The van der Waals surface area contributed by atoms with Gasteiger partial charge >= 0.3 is 0 Å². The molecule has 0 saturated heterocycles. The number of ether oxygens (including phenoxy) is 2. The van der Waals surface area contributed by atoms with E-state index in [2.05, 4.69) is 41.5 Å². The minimum Gasteiger partial charge on any atom is -0.478 e. The maximum Gasteiger partial charge on any atom is 0.230 e. The molecule has 6 heteroatoms. The van der Waals surface area contributed by atoms with Gasteiger partial charge < -0.3 is 9.47 Å². The Labute approximate surface area is 192 Å². The van der Waals surface area contributed by atoms with Crippen molar-refractivity contribution in [2.45, 2.75) is 93.2 Å². The second-order valence-electron chi connectivity index (χ2n) is 12.2. The van der Waals surface area contributed by atoms with E-state index in [9.17, 15) is 9.59 Å². The summed E-state index contributed by atoms with van der Waals surface area (Å²) in [4.78, 5) is 35.6. The van der Waals surface area contributed by atoms with Crippen LogP contribution in [0.3, 0.4) is 0 Å². The highest BCUT2D eigenvalue weighted by Crippen LogP contribution is 2.39. The van der Waals surface area contributed by atoms with Crippen LogP contribution in [-0.2, 0) is 9.47 Å². The van der Waals surface area contributed by atoms with Gasteiger partial charge in [-0.3, -0.25) is 9.59 Å². The molecule has 178 valence electrons. The van der Waals surface area contributed by atoms with Crippen molar-refractivity contribution in [3.8, 4) is 0 Å². The Hall–Kier alpha value is -1.98. The van der Waals surface area contributed by atoms with Crippen molar-refractivity contribution in [2.75, 3.05) is 13.2 Å². The highest BCUT2D eigenvalue weighted by Gasteiger charge is 2.44. The van der Waals surface area contributed by atoms with Gasteiger partial charge in [0.25, 0.3) is 0 Å². The van der Waals surface area contributed by atoms with Gasteiger partial charge in [-0.25, -0.2) is 9.98 Å². The van der Waals surface area contributed by atoms with Crippen molar-refractivity contribution in [3.63, 3.8) is 0 Å². The highest BCUT2D eigenvalue weighted by molar-refractivity contribution is 5.90. The third kappa shape index (κ3) is 4.42. The van der Waals surface area contributed by atoms with Crippen LogP contribution in [0.5, 0.6) is 0 Å². The number of aliphatic imine (C=N–C) groups is 2. The van der Waals surface area contributed by atoms with Crippen LogP contribution < -0.4 is 10.9 Å². The molecule has 2 aliphatic rings. The first kappa shape index (κ1) is 24.7. The molecule has 0 N–H and O–H groups in total. The highest BCUT2D eigenvalue weighted by atomic mass is 16.5. The first-order valence-electron chi connectivity index (χ1n) is 11.9. The minimum atomic E-state index is -0.416. The van der Waals surface area contributed by atoms with E-state index in [4.69, 9.17) is 19.5 Å². The number of nitrogens with zero attached hydrogens (tertiary/aromatic N) is 2. The Balaban J connectivity index is 2.06. The standard InChI is InChI=1S/C26H40N2O4/c1-13(2)17(23-27-15(11-31-23)25(5,6)7)19-20(22(30)21(19)29)18(14(3)4)24-28-16(12-32-24)26(8,9)10/h13-18H,11-12H2,1-10H3/t15-,16-,17+,18+/m1/s1. The largest absolute Gasteiger partial charge is 0.478 e. The van der Waals surface area contributed by atoms with Gasteiger partial charge in [-0.2, -0.15) is 0 Å². The minimum absolute atomic E-state index is 0.0321. The van der Waals surface area contributed by atoms with E-state index in [1.165, 1.54) is 0 Å². The summed E-state index contributed by atoms with van der Waals surface area (Å²) in [5.74, 6) is 0.635. The summed E-state index contributed by atoms with van der Waals surface area (Å²) in [6, 6.07) is 0.0642. The predicted molar refractivity (Wildman–Crippen MR) is 130 cm³/mol. The predicted octanol–water partition coefficient (Wildman–Crippen LogP) is 4.45. The van der Waals surface area contributed by atoms with E-state index in [0.29, 0.717) is 36.1 Å². The molecular formula is C26H40N2O4. The van der Waals surface area contributed by atoms with E-state index in [-0.39, 0.29) is 46.6 Å². The van der Waals surface area contributed by atoms with Gasteiger partial charge in [-0.1, -0.05) is 69.2 Å². The molecule has 0 amide bonds. The van der Waals surface area contributed by atoms with Crippen LogP contribution in [0.25, 0.3) is 0 Å². The van der Waals surface area contributed by atoms with Crippen molar-refractivity contribution in [3.05, 3.63) is 31.6 Å². The lowest BCUT2D eigenvalue weighted by Crippen LogP contribution is -2.47. The van der Waals surface area contributed by atoms with E-state index in [0.717, 1.165) is 0 Å². The molecule has 3 rings (SSSR count). The SMILES string of the molecule is CC(C)[C@H](C1=N[C@@H](C(C)(C)C)CO1)c1c([C@@H](C2=N[C@@H](C(C)(C)C)CO2)C(C)C)c(=O)c1=O. The van der Waals surface area contributed by atoms with Crippen LogP contribution in [0.2, 0.25) is 0 Å². The molecule has 0 aliphatic carbocycles. The number of rotatable bonds is 6. The normalized spacial score (nSPS) is 23.9. The summed E-state index contributed by atoms with van der Waals surface area (Å²) < 4.78 is 12.0. The Morgan fingerprint density at radius 2 is 1.00 bits per heavy atom. The fourth-order valence-corrected chi connectivity index (χ4v) is 4.54. The lowest BCUT2D eigenvalue weighted by atomic mass is 9.74. The molecule has 2 aliphatic heterocycles. The molecule has 0 radical (unpaired) electrons. The molecule has 4 atom stereocenters. The first-order chi connectivity index (χ1) is 14.6. The second-order valence-corrected chi connectivity index (χ2v) is 12.2. The van der Waals surface area contributed by atoms with Crippen LogP contribution in [-0.4, -0.2) is 37.1 Å². The zero-order chi connectivity index (χ0) is 24.2. The van der Waals surface area contributed by atoms with E-state index in [1.807, 2.05) is 27.7 Å². The van der Waals surface area contributed by atoms with Crippen LogP contribution in [0.1, 0.15) is 92.2 Å². The van der Waals surface area contributed by atoms with Crippen molar-refractivity contribution in [1.29, 1.82) is 0 Å².